The highest BCUT2D eigenvalue weighted by Crippen LogP contribution is 2.35. The van der Waals surface area contributed by atoms with Crippen LogP contribution in [0.1, 0.15) is 37.0 Å². The lowest BCUT2D eigenvalue weighted by atomic mass is 10.0. The number of nitrogens with zero attached hydrogens (tertiary/aromatic N) is 3. The first kappa shape index (κ1) is 20.7. The highest BCUT2D eigenvalue weighted by molar-refractivity contribution is 6.33. The number of ether oxygens (including phenoxy) is 1. The number of aromatic nitrogens is 3. The molecule has 152 valence electrons. The molecule has 29 heavy (non-hydrogen) atoms. The number of hydrogen-bond donors (Lipinski definition) is 1. The van der Waals surface area contributed by atoms with Gasteiger partial charge in [-0.3, -0.25) is 4.79 Å². The zero-order chi connectivity index (χ0) is 21.3. The van der Waals surface area contributed by atoms with E-state index in [1.54, 1.807) is 17.6 Å². The second-order valence-electron chi connectivity index (χ2n) is 6.63. The largest absolute Gasteiger partial charge is 0.477 e. The van der Waals surface area contributed by atoms with Crippen molar-refractivity contribution in [2.45, 2.75) is 32.9 Å². The molecule has 1 aliphatic heterocycles. The molecule has 6 nitrogen and oxygen atoms in total. The van der Waals surface area contributed by atoms with Gasteiger partial charge < -0.3 is 15.0 Å². The van der Waals surface area contributed by atoms with Crippen LogP contribution in [0.15, 0.2) is 53.8 Å². The van der Waals surface area contributed by atoms with Gasteiger partial charge >= 0.3 is 0 Å². The summed E-state index contributed by atoms with van der Waals surface area (Å²) in [5, 5.41) is 8.69. The minimum absolute atomic E-state index is 0.0805. The molecule has 1 amide bonds. The standard InChI is InChI=1S/C20H19ClF2N4O2/c1-4-27-18(14-6-5-12(17(24)28)9-15(14)21)25-26-19(27)20(3)8-7-13(22)10-16(23)11(2)29-20/h5-10H,4H2,1-3H3,(H2,24,28)/b8-7-,13-10+,16-11-. The molecular formula is C20H19ClF2N4O2. The van der Waals surface area contributed by atoms with Gasteiger partial charge in [-0.2, -0.15) is 0 Å². The van der Waals surface area contributed by atoms with E-state index in [1.165, 1.54) is 25.1 Å². The van der Waals surface area contributed by atoms with Crippen LogP contribution < -0.4 is 5.73 Å². The Morgan fingerprint density at radius 1 is 1.34 bits per heavy atom. The van der Waals surface area contributed by atoms with E-state index < -0.39 is 23.2 Å². The Bertz CT molecular complexity index is 1070. The molecule has 1 aromatic carbocycles. The van der Waals surface area contributed by atoms with Crippen molar-refractivity contribution in [3.63, 3.8) is 0 Å². The Balaban J connectivity index is 2.13. The van der Waals surface area contributed by atoms with Crippen LogP contribution in [0.3, 0.4) is 0 Å². The van der Waals surface area contributed by atoms with E-state index in [9.17, 15) is 13.6 Å². The number of hydrogen-bond acceptors (Lipinski definition) is 4. The fourth-order valence-corrected chi connectivity index (χ4v) is 3.31. The predicted molar refractivity (Wildman–Crippen MR) is 105 cm³/mol. The van der Waals surface area contributed by atoms with E-state index in [2.05, 4.69) is 10.2 Å². The number of allylic oxidation sites excluding steroid dienone is 5. The van der Waals surface area contributed by atoms with Gasteiger partial charge in [0.25, 0.3) is 0 Å². The van der Waals surface area contributed by atoms with Crippen LogP contribution >= 0.6 is 11.6 Å². The zero-order valence-electron chi connectivity index (χ0n) is 16.0. The average Bonchev–Trinajstić information content (AvgIpc) is 3.10. The first-order chi connectivity index (χ1) is 13.7. The smallest absolute Gasteiger partial charge is 0.248 e. The number of halogens is 3. The van der Waals surface area contributed by atoms with Crippen molar-refractivity contribution in [3.05, 3.63) is 70.3 Å². The molecule has 0 bridgehead atoms. The molecule has 1 aromatic heterocycles. The van der Waals surface area contributed by atoms with Gasteiger partial charge in [0.1, 0.15) is 11.6 Å². The summed E-state index contributed by atoms with van der Waals surface area (Å²) in [6.07, 6.45) is 3.32. The van der Waals surface area contributed by atoms with Crippen molar-refractivity contribution in [1.82, 2.24) is 14.8 Å². The molecule has 0 saturated carbocycles. The zero-order valence-corrected chi connectivity index (χ0v) is 16.8. The van der Waals surface area contributed by atoms with Gasteiger partial charge in [0, 0.05) is 23.7 Å². The Morgan fingerprint density at radius 2 is 2.07 bits per heavy atom. The Kier molecular flexibility index (Phi) is 5.57. The lowest BCUT2D eigenvalue weighted by Gasteiger charge is -2.28. The van der Waals surface area contributed by atoms with Crippen LogP contribution in [0.25, 0.3) is 11.4 Å². The summed E-state index contributed by atoms with van der Waals surface area (Å²) in [6.45, 7) is 5.34. The maximum absolute atomic E-state index is 14.0. The number of amides is 1. The SMILES string of the molecule is CCn1c(-c2ccc(C(N)=O)cc2Cl)nnc1C1(C)\C=C/C(F)=C\C(F)=C(/C)O1. The van der Waals surface area contributed by atoms with E-state index in [1.807, 2.05) is 6.92 Å². The minimum Gasteiger partial charge on any atom is -0.477 e. The molecule has 2 heterocycles. The molecule has 2 aromatic rings. The van der Waals surface area contributed by atoms with Gasteiger partial charge in [0.2, 0.25) is 5.91 Å². The first-order valence-corrected chi connectivity index (χ1v) is 9.19. The van der Waals surface area contributed by atoms with E-state index in [0.29, 0.717) is 23.8 Å². The minimum atomic E-state index is -1.28. The fraction of sp³-hybridized carbons (Fsp3) is 0.250. The molecule has 1 atom stereocenters. The van der Waals surface area contributed by atoms with Crippen molar-refractivity contribution >= 4 is 17.5 Å². The van der Waals surface area contributed by atoms with Crippen LogP contribution in [0.2, 0.25) is 5.02 Å². The average molecular weight is 421 g/mol. The number of nitrogens with two attached hydrogens (primary N) is 1. The van der Waals surface area contributed by atoms with Gasteiger partial charge in [0.15, 0.2) is 23.1 Å². The maximum atomic E-state index is 14.0. The van der Waals surface area contributed by atoms with Crippen molar-refractivity contribution < 1.29 is 18.3 Å². The normalized spacial score (nSPS) is 24.8. The fourth-order valence-electron chi connectivity index (χ4n) is 3.05. The summed E-state index contributed by atoms with van der Waals surface area (Å²) >= 11 is 6.33. The number of rotatable bonds is 4. The van der Waals surface area contributed by atoms with E-state index in [-0.39, 0.29) is 16.3 Å². The molecule has 2 N–H and O–H groups in total. The summed E-state index contributed by atoms with van der Waals surface area (Å²) in [4.78, 5) is 11.4. The lowest BCUT2D eigenvalue weighted by molar-refractivity contribution is 0.0439. The summed E-state index contributed by atoms with van der Waals surface area (Å²) in [5.41, 5.74) is 4.79. The number of carbonyl (C=O) groups is 1. The number of benzene rings is 1. The van der Waals surface area contributed by atoms with Crippen LogP contribution in [0, 0.1) is 0 Å². The molecule has 0 fully saturated rings. The lowest BCUT2D eigenvalue weighted by Crippen LogP contribution is -2.28. The van der Waals surface area contributed by atoms with E-state index >= 15 is 0 Å². The van der Waals surface area contributed by atoms with Crippen molar-refractivity contribution in [3.8, 4) is 11.4 Å². The van der Waals surface area contributed by atoms with Crippen LogP contribution in [0.5, 0.6) is 0 Å². The molecule has 1 unspecified atom stereocenters. The molecular weight excluding hydrogens is 402 g/mol. The molecule has 0 radical (unpaired) electrons. The number of primary amides is 1. The van der Waals surface area contributed by atoms with Gasteiger partial charge in [-0.15, -0.1) is 10.2 Å². The Labute approximate surface area is 171 Å². The second kappa shape index (κ2) is 7.79. The molecule has 0 aliphatic carbocycles. The van der Waals surface area contributed by atoms with Gasteiger partial charge in [-0.1, -0.05) is 11.6 Å². The summed E-state index contributed by atoms with van der Waals surface area (Å²) in [6, 6.07) is 4.60. The van der Waals surface area contributed by atoms with Crippen molar-refractivity contribution in [2.75, 3.05) is 0 Å². The first-order valence-electron chi connectivity index (χ1n) is 8.81. The predicted octanol–water partition coefficient (Wildman–Crippen LogP) is 4.57. The maximum Gasteiger partial charge on any atom is 0.248 e. The van der Waals surface area contributed by atoms with Gasteiger partial charge in [-0.05, 0) is 51.1 Å². The topological polar surface area (TPSA) is 83.0 Å². The third kappa shape index (κ3) is 3.93. The summed E-state index contributed by atoms with van der Waals surface area (Å²) < 4.78 is 35.4. The molecule has 0 spiro atoms. The highest BCUT2D eigenvalue weighted by Gasteiger charge is 2.35. The third-order valence-corrected chi connectivity index (χ3v) is 4.84. The third-order valence-electron chi connectivity index (χ3n) is 4.53. The number of carbonyl (C=O) groups excluding carboxylic acids is 1. The monoisotopic (exact) mass is 420 g/mol. The highest BCUT2D eigenvalue weighted by atomic mass is 35.5. The van der Waals surface area contributed by atoms with Crippen LogP contribution in [-0.2, 0) is 16.9 Å². The molecule has 0 saturated heterocycles. The molecule has 3 rings (SSSR count). The van der Waals surface area contributed by atoms with E-state index in [0.717, 1.165) is 12.2 Å². The Hall–Kier alpha value is -3.00. The van der Waals surface area contributed by atoms with Gasteiger partial charge in [0.05, 0.1) is 5.02 Å². The van der Waals surface area contributed by atoms with E-state index in [4.69, 9.17) is 22.1 Å². The molecule has 1 aliphatic rings. The quantitative estimate of drug-likeness (QED) is 0.785. The molecule has 9 heteroatoms. The summed E-state index contributed by atoms with van der Waals surface area (Å²) in [7, 11) is 0. The van der Waals surface area contributed by atoms with Crippen molar-refractivity contribution in [2.24, 2.45) is 5.73 Å². The summed E-state index contributed by atoms with van der Waals surface area (Å²) in [5.74, 6) is -1.49. The Morgan fingerprint density at radius 3 is 2.69 bits per heavy atom. The van der Waals surface area contributed by atoms with Gasteiger partial charge in [-0.25, -0.2) is 8.78 Å². The van der Waals surface area contributed by atoms with Crippen LogP contribution in [0.4, 0.5) is 8.78 Å². The van der Waals surface area contributed by atoms with Crippen molar-refractivity contribution in [1.29, 1.82) is 0 Å². The van der Waals surface area contributed by atoms with Crippen LogP contribution in [-0.4, -0.2) is 20.7 Å². The second-order valence-corrected chi connectivity index (χ2v) is 7.03.